The Balaban J connectivity index is 1.65. The van der Waals surface area contributed by atoms with Crippen molar-refractivity contribution in [2.75, 3.05) is 13.1 Å². The van der Waals surface area contributed by atoms with Crippen molar-refractivity contribution in [1.82, 2.24) is 4.90 Å². The third-order valence-corrected chi connectivity index (χ3v) is 4.06. The molecule has 1 aromatic carbocycles. The highest BCUT2D eigenvalue weighted by molar-refractivity contribution is 6.31. The van der Waals surface area contributed by atoms with E-state index in [1.807, 2.05) is 18.2 Å². The lowest BCUT2D eigenvalue weighted by molar-refractivity contribution is 0.290. The van der Waals surface area contributed by atoms with Crippen LogP contribution in [0.25, 0.3) is 0 Å². The van der Waals surface area contributed by atoms with Crippen LogP contribution in [0.15, 0.2) is 24.3 Å². The SMILES string of the molecule is NC1C2CN(Cc3ccccc3Cl)CC12. The van der Waals surface area contributed by atoms with Gasteiger partial charge in [0.15, 0.2) is 0 Å². The number of hydrogen-bond acceptors (Lipinski definition) is 2. The molecule has 2 nitrogen and oxygen atoms in total. The van der Waals surface area contributed by atoms with E-state index >= 15 is 0 Å². The van der Waals surface area contributed by atoms with E-state index in [-0.39, 0.29) is 0 Å². The second kappa shape index (κ2) is 3.48. The Morgan fingerprint density at radius 2 is 1.93 bits per heavy atom. The average molecular weight is 223 g/mol. The third-order valence-electron chi connectivity index (χ3n) is 3.69. The zero-order valence-electron chi connectivity index (χ0n) is 8.57. The Morgan fingerprint density at radius 1 is 1.27 bits per heavy atom. The van der Waals surface area contributed by atoms with Crippen LogP contribution >= 0.6 is 11.6 Å². The Labute approximate surface area is 95.0 Å². The predicted molar refractivity (Wildman–Crippen MR) is 61.7 cm³/mol. The van der Waals surface area contributed by atoms with Crippen LogP contribution in [0.2, 0.25) is 5.02 Å². The van der Waals surface area contributed by atoms with E-state index in [1.54, 1.807) is 0 Å². The number of piperidine rings is 1. The van der Waals surface area contributed by atoms with Crippen molar-refractivity contribution >= 4 is 11.6 Å². The van der Waals surface area contributed by atoms with E-state index in [9.17, 15) is 0 Å². The van der Waals surface area contributed by atoms with Crippen molar-refractivity contribution in [3.05, 3.63) is 34.9 Å². The lowest BCUT2D eigenvalue weighted by Gasteiger charge is -2.19. The first kappa shape index (κ1) is 9.64. The minimum absolute atomic E-state index is 0.479. The van der Waals surface area contributed by atoms with Crippen molar-refractivity contribution in [2.24, 2.45) is 17.6 Å². The normalized spacial score (nSPS) is 34.1. The fraction of sp³-hybridized carbons (Fsp3) is 0.500. The molecular formula is C12H15ClN2. The van der Waals surface area contributed by atoms with Gasteiger partial charge in [0.1, 0.15) is 0 Å². The summed E-state index contributed by atoms with van der Waals surface area (Å²) in [5.74, 6) is 1.51. The van der Waals surface area contributed by atoms with Crippen LogP contribution in [-0.2, 0) is 6.54 Å². The second-order valence-electron chi connectivity index (χ2n) is 4.69. The highest BCUT2D eigenvalue weighted by atomic mass is 35.5. The maximum Gasteiger partial charge on any atom is 0.0451 e. The lowest BCUT2D eigenvalue weighted by Crippen LogP contribution is -2.27. The fourth-order valence-electron chi connectivity index (χ4n) is 2.66. The molecule has 2 fully saturated rings. The molecule has 0 aromatic heterocycles. The van der Waals surface area contributed by atoms with E-state index in [0.717, 1.165) is 36.5 Å². The smallest absolute Gasteiger partial charge is 0.0451 e. The second-order valence-corrected chi connectivity index (χ2v) is 5.10. The number of nitrogens with zero attached hydrogens (tertiary/aromatic N) is 1. The number of benzene rings is 1. The van der Waals surface area contributed by atoms with Crippen LogP contribution in [0.5, 0.6) is 0 Å². The summed E-state index contributed by atoms with van der Waals surface area (Å²) in [4.78, 5) is 2.46. The standard InChI is InChI=1S/C12H15ClN2/c13-11-4-2-1-3-8(11)5-15-6-9-10(7-15)12(9)14/h1-4,9-10,12H,5-7,14H2. The number of rotatable bonds is 2. The molecular weight excluding hydrogens is 208 g/mol. The van der Waals surface area contributed by atoms with Gasteiger partial charge in [-0.2, -0.15) is 0 Å². The summed E-state index contributed by atoms with van der Waals surface area (Å²) in [6.45, 7) is 3.27. The maximum atomic E-state index is 6.13. The van der Waals surface area contributed by atoms with E-state index in [4.69, 9.17) is 17.3 Å². The molecule has 1 aliphatic heterocycles. The zero-order valence-corrected chi connectivity index (χ0v) is 9.32. The van der Waals surface area contributed by atoms with Gasteiger partial charge in [0.25, 0.3) is 0 Å². The van der Waals surface area contributed by atoms with Gasteiger partial charge in [-0.05, 0) is 23.5 Å². The van der Waals surface area contributed by atoms with Gasteiger partial charge in [-0.25, -0.2) is 0 Å². The van der Waals surface area contributed by atoms with Crippen molar-refractivity contribution in [3.8, 4) is 0 Å². The summed E-state index contributed by atoms with van der Waals surface area (Å²) in [5.41, 5.74) is 7.14. The van der Waals surface area contributed by atoms with Gasteiger partial charge in [0, 0.05) is 30.7 Å². The molecule has 15 heavy (non-hydrogen) atoms. The number of nitrogens with two attached hydrogens (primary N) is 1. The minimum atomic E-state index is 0.479. The molecule has 2 atom stereocenters. The highest BCUT2D eigenvalue weighted by Crippen LogP contribution is 2.44. The van der Waals surface area contributed by atoms with E-state index in [2.05, 4.69) is 11.0 Å². The Kier molecular flexibility index (Phi) is 2.23. The average Bonchev–Trinajstić information content (AvgIpc) is 2.67. The van der Waals surface area contributed by atoms with Gasteiger partial charge >= 0.3 is 0 Å². The molecule has 2 N–H and O–H groups in total. The van der Waals surface area contributed by atoms with Gasteiger partial charge in [-0.3, -0.25) is 4.90 Å². The molecule has 3 heteroatoms. The Hall–Kier alpha value is -0.570. The van der Waals surface area contributed by atoms with Crippen LogP contribution in [0, 0.1) is 11.8 Å². The highest BCUT2D eigenvalue weighted by Gasteiger charge is 2.53. The lowest BCUT2D eigenvalue weighted by atomic mass is 10.2. The zero-order chi connectivity index (χ0) is 10.4. The number of likely N-dealkylation sites (tertiary alicyclic amines) is 1. The van der Waals surface area contributed by atoms with Crippen LogP contribution in [0.4, 0.5) is 0 Å². The molecule has 0 bridgehead atoms. The summed E-state index contributed by atoms with van der Waals surface area (Å²) >= 11 is 6.13. The first-order chi connectivity index (χ1) is 7.25. The van der Waals surface area contributed by atoms with Gasteiger partial charge in [-0.1, -0.05) is 29.8 Å². The molecule has 0 radical (unpaired) electrons. The first-order valence-electron chi connectivity index (χ1n) is 5.47. The number of fused-ring (bicyclic) bond motifs is 1. The molecule has 1 heterocycles. The molecule has 1 aromatic rings. The molecule has 0 spiro atoms. The van der Waals surface area contributed by atoms with Gasteiger partial charge < -0.3 is 5.73 Å². The molecule has 3 rings (SSSR count). The van der Waals surface area contributed by atoms with E-state index < -0.39 is 0 Å². The fourth-order valence-corrected chi connectivity index (χ4v) is 2.85. The molecule has 1 aliphatic carbocycles. The van der Waals surface area contributed by atoms with Crippen LogP contribution in [0.1, 0.15) is 5.56 Å². The summed E-state index contributed by atoms with van der Waals surface area (Å²) < 4.78 is 0. The monoisotopic (exact) mass is 222 g/mol. The van der Waals surface area contributed by atoms with Crippen molar-refractivity contribution in [3.63, 3.8) is 0 Å². The third kappa shape index (κ3) is 1.67. The molecule has 80 valence electrons. The summed E-state index contributed by atoms with van der Waals surface area (Å²) in [6.07, 6.45) is 0. The number of hydrogen-bond donors (Lipinski definition) is 1. The molecule has 2 unspecified atom stereocenters. The van der Waals surface area contributed by atoms with Crippen LogP contribution < -0.4 is 5.73 Å². The van der Waals surface area contributed by atoms with E-state index in [0.29, 0.717) is 6.04 Å². The van der Waals surface area contributed by atoms with Crippen LogP contribution in [-0.4, -0.2) is 24.0 Å². The van der Waals surface area contributed by atoms with Gasteiger partial charge in [0.2, 0.25) is 0 Å². The molecule has 0 amide bonds. The largest absolute Gasteiger partial charge is 0.327 e. The Bertz CT molecular complexity index is 368. The van der Waals surface area contributed by atoms with Crippen LogP contribution in [0.3, 0.4) is 0 Å². The van der Waals surface area contributed by atoms with Crippen molar-refractivity contribution in [1.29, 1.82) is 0 Å². The molecule has 1 saturated carbocycles. The Morgan fingerprint density at radius 3 is 2.60 bits per heavy atom. The van der Waals surface area contributed by atoms with E-state index in [1.165, 1.54) is 5.56 Å². The minimum Gasteiger partial charge on any atom is -0.327 e. The molecule has 1 saturated heterocycles. The van der Waals surface area contributed by atoms with Crippen molar-refractivity contribution in [2.45, 2.75) is 12.6 Å². The first-order valence-corrected chi connectivity index (χ1v) is 5.85. The predicted octanol–water partition coefficient (Wildman–Crippen LogP) is 1.73. The quantitative estimate of drug-likeness (QED) is 0.826. The van der Waals surface area contributed by atoms with Gasteiger partial charge in [0.05, 0.1) is 0 Å². The summed E-state index contributed by atoms with van der Waals surface area (Å²) in [5, 5.41) is 0.877. The maximum absolute atomic E-state index is 6.13. The topological polar surface area (TPSA) is 29.3 Å². The molecule has 2 aliphatic rings. The summed E-state index contributed by atoms with van der Waals surface area (Å²) in [6, 6.07) is 8.56. The van der Waals surface area contributed by atoms with Gasteiger partial charge in [-0.15, -0.1) is 0 Å². The summed E-state index contributed by atoms with van der Waals surface area (Å²) in [7, 11) is 0. The van der Waals surface area contributed by atoms with Crippen molar-refractivity contribution < 1.29 is 0 Å². The number of halogens is 1.